The van der Waals surface area contributed by atoms with Gasteiger partial charge in [-0.1, -0.05) is 18.2 Å². The van der Waals surface area contributed by atoms with E-state index in [4.69, 9.17) is 9.47 Å². The third-order valence-electron chi connectivity index (χ3n) is 4.66. The monoisotopic (exact) mass is 381 g/mol. The molecule has 0 saturated heterocycles. The maximum Gasteiger partial charge on any atom is 0.295 e. The molecule has 3 rings (SSSR count). The highest BCUT2D eigenvalue weighted by Crippen LogP contribution is 2.25. The summed E-state index contributed by atoms with van der Waals surface area (Å²) in [5, 5.41) is 2.76. The number of carbonyl (C=O) groups is 1. The summed E-state index contributed by atoms with van der Waals surface area (Å²) in [5.41, 5.74) is 2.06. The van der Waals surface area contributed by atoms with Crippen LogP contribution in [0.2, 0.25) is 0 Å². The summed E-state index contributed by atoms with van der Waals surface area (Å²) in [6, 6.07) is 14.5. The van der Waals surface area contributed by atoms with Crippen molar-refractivity contribution >= 4 is 11.6 Å². The Morgan fingerprint density at radius 2 is 1.79 bits per heavy atom. The zero-order valence-electron chi connectivity index (χ0n) is 16.4. The van der Waals surface area contributed by atoms with Gasteiger partial charge in [0.2, 0.25) is 5.91 Å². The number of methoxy groups -OCH3 is 2. The average molecular weight is 381 g/mol. The summed E-state index contributed by atoms with van der Waals surface area (Å²) < 4.78 is 13.8. The van der Waals surface area contributed by atoms with Crippen molar-refractivity contribution in [2.24, 2.45) is 7.05 Å². The van der Waals surface area contributed by atoms with Crippen LogP contribution in [-0.2, 0) is 18.3 Å². The molecule has 0 saturated carbocycles. The van der Waals surface area contributed by atoms with Crippen LogP contribution in [0, 0.1) is 6.92 Å². The molecule has 28 heavy (non-hydrogen) atoms. The van der Waals surface area contributed by atoms with E-state index in [1.807, 2.05) is 30.3 Å². The van der Waals surface area contributed by atoms with Gasteiger partial charge < -0.3 is 14.8 Å². The fourth-order valence-electron chi connectivity index (χ4n) is 3.09. The van der Waals surface area contributed by atoms with Crippen LogP contribution in [0.5, 0.6) is 11.5 Å². The number of amides is 1. The number of hydrogen-bond acceptors (Lipinski definition) is 4. The molecule has 1 heterocycles. The predicted octanol–water partition coefficient (Wildman–Crippen LogP) is 2.68. The molecule has 7 nitrogen and oxygen atoms in total. The molecule has 1 aromatic heterocycles. The SMILES string of the molecule is COc1ccc(OC)c(CC(=O)Nc2c(C)n(C)n(-c3ccccc3)c2=O)c1. The smallest absolute Gasteiger partial charge is 0.295 e. The standard InChI is InChI=1S/C21H23N3O4/c1-14-20(21(26)24(23(14)2)16-8-6-5-7-9-16)22-19(25)13-15-12-17(27-3)10-11-18(15)28-4/h5-12H,13H2,1-4H3,(H,22,25). The number of ether oxygens (including phenoxy) is 2. The first-order chi connectivity index (χ1) is 13.5. The van der Waals surface area contributed by atoms with Crippen molar-refractivity contribution in [1.29, 1.82) is 0 Å². The molecule has 0 bridgehead atoms. The molecule has 0 aliphatic rings. The number of nitrogens with one attached hydrogen (secondary N) is 1. The third kappa shape index (κ3) is 3.64. The first-order valence-corrected chi connectivity index (χ1v) is 8.81. The topological polar surface area (TPSA) is 74.5 Å². The lowest BCUT2D eigenvalue weighted by Gasteiger charge is -2.10. The van der Waals surface area contributed by atoms with Crippen LogP contribution in [0.25, 0.3) is 5.69 Å². The van der Waals surface area contributed by atoms with E-state index in [9.17, 15) is 9.59 Å². The number of benzene rings is 2. The lowest BCUT2D eigenvalue weighted by Crippen LogP contribution is -2.23. The second-order valence-electron chi connectivity index (χ2n) is 6.34. The van der Waals surface area contributed by atoms with Gasteiger partial charge >= 0.3 is 0 Å². The van der Waals surface area contributed by atoms with Crippen molar-refractivity contribution in [1.82, 2.24) is 9.36 Å². The lowest BCUT2D eigenvalue weighted by atomic mass is 10.1. The molecule has 0 fully saturated rings. The average Bonchev–Trinajstić information content (AvgIpc) is 2.91. The molecular formula is C21H23N3O4. The molecule has 2 aromatic carbocycles. The second kappa shape index (κ2) is 8.04. The minimum absolute atomic E-state index is 0.0550. The first-order valence-electron chi connectivity index (χ1n) is 8.81. The Kier molecular flexibility index (Phi) is 5.54. The van der Waals surface area contributed by atoms with Crippen LogP contribution < -0.4 is 20.3 Å². The van der Waals surface area contributed by atoms with Crippen molar-refractivity contribution in [3.63, 3.8) is 0 Å². The van der Waals surface area contributed by atoms with Gasteiger partial charge in [-0.25, -0.2) is 4.68 Å². The minimum Gasteiger partial charge on any atom is -0.497 e. The molecule has 3 aromatic rings. The quantitative estimate of drug-likeness (QED) is 0.712. The molecule has 1 amide bonds. The second-order valence-corrected chi connectivity index (χ2v) is 6.34. The van der Waals surface area contributed by atoms with E-state index in [2.05, 4.69) is 5.32 Å². The lowest BCUT2D eigenvalue weighted by molar-refractivity contribution is -0.115. The van der Waals surface area contributed by atoms with Crippen molar-refractivity contribution in [3.8, 4) is 17.2 Å². The van der Waals surface area contributed by atoms with E-state index in [0.717, 1.165) is 5.69 Å². The van der Waals surface area contributed by atoms with Crippen LogP contribution >= 0.6 is 0 Å². The summed E-state index contributed by atoms with van der Waals surface area (Å²) in [5.74, 6) is 0.908. The Morgan fingerprint density at radius 1 is 1.07 bits per heavy atom. The van der Waals surface area contributed by atoms with E-state index < -0.39 is 0 Å². The number of nitrogens with zero attached hydrogens (tertiary/aromatic N) is 2. The molecule has 0 atom stereocenters. The molecular weight excluding hydrogens is 358 g/mol. The Bertz CT molecular complexity index is 1050. The third-order valence-corrected chi connectivity index (χ3v) is 4.66. The fraction of sp³-hybridized carbons (Fsp3) is 0.238. The fourth-order valence-corrected chi connectivity index (χ4v) is 3.09. The van der Waals surface area contributed by atoms with Gasteiger partial charge in [0.05, 0.1) is 32.0 Å². The largest absolute Gasteiger partial charge is 0.497 e. The first kappa shape index (κ1) is 19.3. The van der Waals surface area contributed by atoms with Crippen LogP contribution in [0.3, 0.4) is 0 Å². The maximum atomic E-state index is 12.9. The highest BCUT2D eigenvalue weighted by Gasteiger charge is 2.19. The molecule has 1 N–H and O–H groups in total. The van der Waals surface area contributed by atoms with E-state index in [1.165, 1.54) is 4.68 Å². The summed E-state index contributed by atoms with van der Waals surface area (Å²) in [6.45, 7) is 1.79. The van der Waals surface area contributed by atoms with Gasteiger partial charge in [-0.05, 0) is 37.3 Å². The van der Waals surface area contributed by atoms with Gasteiger partial charge in [0.25, 0.3) is 5.56 Å². The number of hydrogen-bond donors (Lipinski definition) is 1. The van der Waals surface area contributed by atoms with Crippen LogP contribution in [0.1, 0.15) is 11.3 Å². The normalized spacial score (nSPS) is 10.6. The molecule has 146 valence electrons. The number of anilines is 1. The highest BCUT2D eigenvalue weighted by atomic mass is 16.5. The van der Waals surface area contributed by atoms with Crippen LogP contribution in [0.15, 0.2) is 53.3 Å². The summed E-state index contributed by atoms with van der Waals surface area (Å²) in [4.78, 5) is 25.6. The number of rotatable bonds is 6. The van der Waals surface area contributed by atoms with Crippen LogP contribution in [-0.4, -0.2) is 29.5 Å². The van der Waals surface area contributed by atoms with Crippen molar-refractivity contribution in [2.45, 2.75) is 13.3 Å². The van der Waals surface area contributed by atoms with Crippen molar-refractivity contribution in [2.75, 3.05) is 19.5 Å². The molecule has 0 spiro atoms. The van der Waals surface area contributed by atoms with Crippen molar-refractivity contribution < 1.29 is 14.3 Å². The summed E-state index contributed by atoms with van der Waals surface area (Å²) in [6.07, 6.45) is 0.0550. The summed E-state index contributed by atoms with van der Waals surface area (Å²) in [7, 11) is 4.89. The zero-order chi connectivity index (χ0) is 20.3. The molecule has 0 unspecified atom stereocenters. The van der Waals surface area contributed by atoms with Gasteiger partial charge in [-0.3, -0.25) is 14.3 Å². The Morgan fingerprint density at radius 3 is 2.43 bits per heavy atom. The number of para-hydroxylation sites is 1. The van der Waals surface area contributed by atoms with E-state index in [-0.39, 0.29) is 23.6 Å². The van der Waals surface area contributed by atoms with Gasteiger partial charge in [0.15, 0.2) is 0 Å². The highest BCUT2D eigenvalue weighted by molar-refractivity contribution is 5.93. The Hall–Kier alpha value is -3.48. The van der Waals surface area contributed by atoms with Gasteiger partial charge in [-0.15, -0.1) is 0 Å². The number of aromatic nitrogens is 2. The molecule has 0 aliphatic carbocycles. The molecule has 7 heteroatoms. The van der Waals surface area contributed by atoms with E-state index in [0.29, 0.717) is 22.8 Å². The van der Waals surface area contributed by atoms with Crippen molar-refractivity contribution in [3.05, 3.63) is 70.1 Å². The van der Waals surface area contributed by atoms with Gasteiger partial charge in [-0.2, -0.15) is 0 Å². The molecule has 0 aliphatic heterocycles. The van der Waals surface area contributed by atoms with E-state index in [1.54, 1.807) is 51.1 Å². The number of carbonyl (C=O) groups excluding carboxylic acids is 1. The Balaban J connectivity index is 1.89. The maximum absolute atomic E-state index is 12.9. The zero-order valence-corrected chi connectivity index (χ0v) is 16.4. The van der Waals surface area contributed by atoms with Crippen LogP contribution in [0.4, 0.5) is 5.69 Å². The molecule has 0 radical (unpaired) electrons. The predicted molar refractivity (Wildman–Crippen MR) is 108 cm³/mol. The Labute approximate surface area is 163 Å². The van der Waals surface area contributed by atoms with Gasteiger partial charge in [0, 0.05) is 12.6 Å². The minimum atomic E-state index is -0.308. The van der Waals surface area contributed by atoms with Gasteiger partial charge in [0.1, 0.15) is 17.2 Å². The summed E-state index contributed by atoms with van der Waals surface area (Å²) >= 11 is 0. The van der Waals surface area contributed by atoms with E-state index >= 15 is 0 Å².